The van der Waals surface area contributed by atoms with Gasteiger partial charge in [-0.2, -0.15) is 4.52 Å². The Bertz CT molecular complexity index is 694. The Kier molecular flexibility index (Phi) is 2.77. The van der Waals surface area contributed by atoms with Crippen molar-refractivity contribution in [2.24, 2.45) is 0 Å². The quantitative estimate of drug-likeness (QED) is 0.794. The standard InChI is InChI=1S/C10H8ClN5OS/c11-6-3-1-2-4-7(6)17-5-8-13-14-10-16(8)15-9(12)18-10/h1-4H,5H2,(H2,12,15). The number of hydrogen-bond donors (Lipinski definition) is 1. The minimum atomic E-state index is 0.230. The first-order valence-corrected chi connectivity index (χ1v) is 6.27. The molecule has 0 aliphatic carbocycles. The molecule has 2 N–H and O–H groups in total. The zero-order valence-corrected chi connectivity index (χ0v) is 10.6. The van der Waals surface area contributed by atoms with E-state index in [1.54, 1.807) is 16.6 Å². The molecule has 0 amide bonds. The summed E-state index contributed by atoms with van der Waals surface area (Å²) in [4.78, 5) is 0.644. The minimum Gasteiger partial charge on any atom is -0.484 e. The van der Waals surface area contributed by atoms with Gasteiger partial charge in [0.05, 0.1) is 5.02 Å². The third-order valence-corrected chi connectivity index (χ3v) is 3.30. The van der Waals surface area contributed by atoms with Crippen molar-refractivity contribution < 1.29 is 4.74 Å². The number of para-hydroxylation sites is 1. The zero-order chi connectivity index (χ0) is 12.5. The van der Waals surface area contributed by atoms with Crippen LogP contribution in [-0.2, 0) is 6.61 Å². The van der Waals surface area contributed by atoms with Crippen molar-refractivity contribution in [2.45, 2.75) is 6.61 Å². The summed E-state index contributed by atoms with van der Waals surface area (Å²) in [5, 5.41) is 13.0. The van der Waals surface area contributed by atoms with Crippen molar-refractivity contribution in [3.05, 3.63) is 35.1 Å². The molecule has 1 aromatic carbocycles. The Morgan fingerprint density at radius 2 is 2.17 bits per heavy atom. The summed E-state index contributed by atoms with van der Waals surface area (Å²) in [6.07, 6.45) is 0. The maximum Gasteiger partial charge on any atom is 0.236 e. The molecule has 0 fully saturated rings. The van der Waals surface area contributed by atoms with Crippen LogP contribution in [0.25, 0.3) is 4.96 Å². The van der Waals surface area contributed by atoms with Gasteiger partial charge in [-0.3, -0.25) is 0 Å². The number of halogens is 1. The molecule has 0 atom stereocenters. The number of hydrogen-bond acceptors (Lipinski definition) is 6. The number of ether oxygens (including phenoxy) is 1. The van der Waals surface area contributed by atoms with Crippen molar-refractivity contribution in [1.82, 2.24) is 19.8 Å². The Labute approximate surface area is 111 Å². The smallest absolute Gasteiger partial charge is 0.236 e. The van der Waals surface area contributed by atoms with E-state index < -0.39 is 0 Å². The summed E-state index contributed by atoms with van der Waals surface area (Å²) in [6, 6.07) is 7.24. The normalized spacial score (nSPS) is 10.9. The van der Waals surface area contributed by atoms with Crippen LogP contribution in [0, 0.1) is 0 Å². The van der Waals surface area contributed by atoms with E-state index in [0.29, 0.717) is 26.7 Å². The topological polar surface area (TPSA) is 78.3 Å². The lowest BCUT2D eigenvalue weighted by Gasteiger charge is -2.05. The van der Waals surface area contributed by atoms with E-state index in [2.05, 4.69) is 15.3 Å². The highest BCUT2D eigenvalue weighted by molar-refractivity contribution is 7.20. The molecule has 0 radical (unpaired) electrons. The highest BCUT2D eigenvalue weighted by Gasteiger charge is 2.11. The summed E-state index contributed by atoms with van der Waals surface area (Å²) in [5.41, 5.74) is 5.59. The number of fused-ring (bicyclic) bond motifs is 1. The summed E-state index contributed by atoms with van der Waals surface area (Å²) >= 11 is 7.26. The number of nitrogen functional groups attached to an aromatic ring is 1. The van der Waals surface area contributed by atoms with Crippen LogP contribution in [0.3, 0.4) is 0 Å². The number of benzene rings is 1. The molecule has 0 aliphatic rings. The lowest BCUT2D eigenvalue weighted by atomic mass is 10.3. The fraction of sp³-hybridized carbons (Fsp3) is 0.100. The van der Waals surface area contributed by atoms with Crippen molar-refractivity contribution in [3.63, 3.8) is 0 Å². The number of rotatable bonds is 3. The van der Waals surface area contributed by atoms with Crippen LogP contribution >= 0.6 is 22.9 Å². The van der Waals surface area contributed by atoms with Gasteiger partial charge in [0.1, 0.15) is 12.4 Å². The zero-order valence-electron chi connectivity index (χ0n) is 9.08. The number of nitrogens with two attached hydrogens (primary N) is 1. The average molecular weight is 282 g/mol. The van der Waals surface area contributed by atoms with Crippen LogP contribution in [0.1, 0.15) is 5.82 Å². The van der Waals surface area contributed by atoms with Crippen LogP contribution in [0.4, 0.5) is 5.13 Å². The van der Waals surface area contributed by atoms with E-state index in [1.165, 1.54) is 11.3 Å². The van der Waals surface area contributed by atoms with Crippen molar-refractivity contribution in [3.8, 4) is 5.75 Å². The monoisotopic (exact) mass is 281 g/mol. The van der Waals surface area contributed by atoms with E-state index in [-0.39, 0.29) is 6.61 Å². The van der Waals surface area contributed by atoms with Gasteiger partial charge in [-0.15, -0.1) is 15.3 Å². The summed E-state index contributed by atoms with van der Waals surface area (Å²) in [6.45, 7) is 0.230. The van der Waals surface area contributed by atoms with Crippen LogP contribution in [0.2, 0.25) is 5.02 Å². The second-order valence-corrected chi connectivity index (χ2v) is 4.86. The highest BCUT2D eigenvalue weighted by Crippen LogP contribution is 2.24. The molecule has 0 spiro atoms. The summed E-state index contributed by atoms with van der Waals surface area (Å²) < 4.78 is 7.13. The molecular formula is C10H8ClN5OS. The maximum absolute atomic E-state index is 5.99. The molecule has 0 saturated carbocycles. The molecule has 2 heterocycles. The van der Waals surface area contributed by atoms with E-state index in [4.69, 9.17) is 22.1 Å². The van der Waals surface area contributed by atoms with Crippen molar-refractivity contribution in [1.29, 1.82) is 0 Å². The number of nitrogens with zero attached hydrogens (tertiary/aromatic N) is 4. The maximum atomic E-state index is 5.99. The Balaban J connectivity index is 1.83. The first-order valence-electron chi connectivity index (χ1n) is 5.08. The van der Waals surface area contributed by atoms with Gasteiger partial charge in [0.25, 0.3) is 0 Å². The SMILES string of the molecule is Nc1nn2c(COc3ccccc3Cl)nnc2s1. The predicted molar refractivity (Wildman–Crippen MR) is 68.9 cm³/mol. The van der Waals surface area contributed by atoms with Gasteiger partial charge >= 0.3 is 0 Å². The molecule has 3 aromatic rings. The molecule has 0 saturated heterocycles. The molecular weight excluding hydrogens is 274 g/mol. The Hall–Kier alpha value is -1.86. The third kappa shape index (κ3) is 1.98. The molecule has 92 valence electrons. The van der Waals surface area contributed by atoms with E-state index in [1.807, 2.05) is 12.1 Å². The second-order valence-electron chi connectivity index (χ2n) is 3.47. The van der Waals surface area contributed by atoms with Gasteiger partial charge in [-0.25, -0.2) is 0 Å². The highest BCUT2D eigenvalue weighted by atomic mass is 35.5. The molecule has 0 bridgehead atoms. The Morgan fingerprint density at radius 1 is 1.33 bits per heavy atom. The largest absolute Gasteiger partial charge is 0.484 e. The molecule has 18 heavy (non-hydrogen) atoms. The van der Waals surface area contributed by atoms with E-state index >= 15 is 0 Å². The van der Waals surface area contributed by atoms with Crippen molar-refractivity contribution >= 4 is 33.0 Å². The molecule has 0 aliphatic heterocycles. The van der Waals surface area contributed by atoms with E-state index in [9.17, 15) is 0 Å². The first kappa shape index (κ1) is 11.2. The lowest BCUT2D eigenvalue weighted by Crippen LogP contribution is -2.02. The summed E-state index contributed by atoms with van der Waals surface area (Å²) in [5.74, 6) is 1.18. The number of aromatic nitrogens is 4. The minimum absolute atomic E-state index is 0.230. The third-order valence-electron chi connectivity index (χ3n) is 2.26. The summed E-state index contributed by atoms with van der Waals surface area (Å²) in [7, 11) is 0. The van der Waals surface area contributed by atoms with Gasteiger partial charge < -0.3 is 10.5 Å². The van der Waals surface area contributed by atoms with Gasteiger partial charge in [-0.05, 0) is 12.1 Å². The number of anilines is 1. The average Bonchev–Trinajstić information content (AvgIpc) is 2.88. The van der Waals surface area contributed by atoms with Crippen molar-refractivity contribution in [2.75, 3.05) is 5.73 Å². The van der Waals surface area contributed by atoms with Crippen LogP contribution < -0.4 is 10.5 Å². The van der Waals surface area contributed by atoms with Gasteiger partial charge in [0.2, 0.25) is 10.1 Å². The predicted octanol–water partition coefficient (Wildman–Crippen LogP) is 2.00. The Morgan fingerprint density at radius 3 is 3.00 bits per heavy atom. The molecule has 3 rings (SSSR count). The first-order chi connectivity index (χ1) is 8.74. The lowest BCUT2D eigenvalue weighted by molar-refractivity contribution is 0.293. The fourth-order valence-electron chi connectivity index (χ4n) is 1.47. The van der Waals surface area contributed by atoms with Gasteiger partial charge in [0, 0.05) is 0 Å². The molecule has 2 aromatic heterocycles. The van der Waals surface area contributed by atoms with Gasteiger partial charge in [0.15, 0.2) is 5.82 Å². The second kappa shape index (κ2) is 4.43. The molecule has 6 nitrogen and oxygen atoms in total. The molecule has 8 heteroatoms. The molecule has 0 unspecified atom stereocenters. The fourth-order valence-corrected chi connectivity index (χ4v) is 2.28. The van der Waals surface area contributed by atoms with Gasteiger partial charge in [-0.1, -0.05) is 35.1 Å². The van der Waals surface area contributed by atoms with Crippen LogP contribution in [-0.4, -0.2) is 19.8 Å². The van der Waals surface area contributed by atoms with Crippen LogP contribution in [0.15, 0.2) is 24.3 Å². The van der Waals surface area contributed by atoms with Crippen LogP contribution in [0.5, 0.6) is 5.75 Å². The van der Waals surface area contributed by atoms with E-state index in [0.717, 1.165) is 0 Å².